The molecular weight excluding hydrogens is 364 g/mol. The number of fused-ring (bicyclic) bond motifs is 1. The zero-order valence-corrected chi connectivity index (χ0v) is 17.2. The number of hydrogen-bond donors (Lipinski definition) is 0. The smallest absolute Gasteiger partial charge is 0.242 e. The Morgan fingerprint density at radius 2 is 1.62 bits per heavy atom. The molecule has 0 N–H and O–H groups in total. The maximum atomic E-state index is 12.8. The van der Waals surface area contributed by atoms with Gasteiger partial charge in [-0.2, -0.15) is 0 Å². The molecule has 2 aromatic heterocycles. The van der Waals surface area contributed by atoms with Gasteiger partial charge in [0.05, 0.1) is 5.52 Å². The summed E-state index contributed by atoms with van der Waals surface area (Å²) < 4.78 is 1.91. The SMILES string of the molecule is Cc1cc(N2CCN(C(=O)Cn3c(C)cc(=O)cc3C)CC2)nc2ccccc12. The van der Waals surface area contributed by atoms with Crippen molar-refractivity contribution in [3.63, 3.8) is 0 Å². The van der Waals surface area contributed by atoms with Gasteiger partial charge in [-0.25, -0.2) is 4.98 Å². The molecule has 6 heteroatoms. The van der Waals surface area contributed by atoms with E-state index in [1.165, 1.54) is 10.9 Å². The van der Waals surface area contributed by atoms with Crippen LogP contribution in [0, 0.1) is 20.8 Å². The number of anilines is 1. The van der Waals surface area contributed by atoms with Crippen LogP contribution in [-0.2, 0) is 11.3 Å². The van der Waals surface area contributed by atoms with E-state index < -0.39 is 0 Å². The molecule has 1 amide bonds. The van der Waals surface area contributed by atoms with Crippen molar-refractivity contribution >= 4 is 22.6 Å². The van der Waals surface area contributed by atoms with Crippen LogP contribution in [0.3, 0.4) is 0 Å². The number of rotatable bonds is 3. The molecule has 1 fully saturated rings. The normalized spacial score (nSPS) is 14.4. The summed E-state index contributed by atoms with van der Waals surface area (Å²) in [6.07, 6.45) is 0. The molecule has 150 valence electrons. The number of aromatic nitrogens is 2. The summed E-state index contributed by atoms with van der Waals surface area (Å²) >= 11 is 0. The van der Waals surface area contributed by atoms with E-state index in [1.807, 2.05) is 41.5 Å². The van der Waals surface area contributed by atoms with E-state index in [9.17, 15) is 9.59 Å². The Labute approximate surface area is 170 Å². The van der Waals surface area contributed by atoms with Crippen LogP contribution in [0.5, 0.6) is 0 Å². The first-order valence-electron chi connectivity index (χ1n) is 9.99. The van der Waals surface area contributed by atoms with E-state index in [4.69, 9.17) is 4.98 Å². The topological polar surface area (TPSA) is 58.4 Å². The highest BCUT2D eigenvalue weighted by Gasteiger charge is 2.23. The molecule has 0 saturated carbocycles. The number of para-hydroxylation sites is 1. The summed E-state index contributed by atoms with van der Waals surface area (Å²) in [4.78, 5) is 33.4. The highest BCUT2D eigenvalue weighted by molar-refractivity contribution is 5.84. The third-order valence-corrected chi connectivity index (χ3v) is 5.71. The Balaban J connectivity index is 1.44. The minimum absolute atomic E-state index is 0.0181. The lowest BCUT2D eigenvalue weighted by molar-refractivity contribution is -0.132. The number of amides is 1. The van der Waals surface area contributed by atoms with E-state index in [1.54, 1.807) is 12.1 Å². The Kier molecular flexibility index (Phi) is 5.09. The van der Waals surface area contributed by atoms with Crippen LogP contribution in [0.15, 0.2) is 47.3 Å². The number of carbonyl (C=O) groups excluding carboxylic acids is 1. The molecule has 4 rings (SSSR count). The van der Waals surface area contributed by atoms with Crippen molar-refractivity contribution in [1.82, 2.24) is 14.5 Å². The van der Waals surface area contributed by atoms with Gasteiger partial charge in [0.25, 0.3) is 0 Å². The number of hydrogen-bond acceptors (Lipinski definition) is 4. The summed E-state index contributed by atoms with van der Waals surface area (Å²) in [7, 11) is 0. The summed E-state index contributed by atoms with van der Waals surface area (Å²) in [5.74, 6) is 1.06. The number of pyridine rings is 2. The molecule has 0 spiro atoms. The number of benzene rings is 1. The van der Waals surface area contributed by atoms with Crippen LogP contribution in [0.2, 0.25) is 0 Å². The second-order valence-corrected chi connectivity index (χ2v) is 7.74. The maximum absolute atomic E-state index is 12.8. The van der Waals surface area contributed by atoms with Gasteiger partial charge in [0.2, 0.25) is 5.91 Å². The number of carbonyl (C=O) groups is 1. The highest BCUT2D eigenvalue weighted by atomic mass is 16.2. The number of nitrogens with zero attached hydrogens (tertiary/aromatic N) is 4. The van der Waals surface area contributed by atoms with Crippen LogP contribution in [0.1, 0.15) is 17.0 Å². The maximum Gasteiger partial charge on any atom is 0.242 e. The molecule has 3 aromatic rings. The lowest BCUT2D eigenvalue weighted by Crippen LogP contribution is -2.50. The Morgan fingerprint density at radius 1 is 0.966 bits per heavy atom. The van der Waals surface area contributed by atoms with E-state index >= 15 is 0 Å². The van der Waals surface area contributed by atoms with Crippen molar-refractivity contribution in [2.24, 2.45) is 0 Å². The van der Waals surface area contributed by atoms with Gasteiger partial charge in [-0.15, -0.1) is 0 Å². The van der Waals surface area contributed by atoms with Crippen molar-refractivity contribution in [3.05, 3.63) is 69.6 Å². The predicted octanol–water partition coefficient (Wildman–Crippen LogP) is 2.67. The predicted molar refractivity (Wildman–Crippen MR) is 115 cm³/mol. The minimum Gasteiger partial charge on any atom is -0.353 e. The molecule has 0 bridgehead atoms. The van der Waals surface area contributed by atoms with Gasteiger partial charge in [-0.3, -0.25) is 9.59 Å². The van der Waals surface area contributed by atoms with Gasteiger partial charge in [-0.05, 0) is 38.5 Å². The second-order valence-electron chi connectivity index (χ2n) is 7.74. The molecule has 6 nitrogen and oxygen atoms in total. The summed E-state index contributed by atoms with van der Waals surface area (Å²) in [5.41, 5.74) is 3.84. The molecule has 0 aliphatic carbocycles. The molecule has 1 saturated heterocycles. The number of piperazine rings is 1. The van der Waals surface area contributed by atoms with E-state index in [0.29, 0.717) is 13.1 Å². The van der Waals surface area contributed by atoms with Crippen LogP contribution in [-0.4, -0.2) is 46.5 Å². The molecule has 1 aromatic carbocycles. The van der Waals surface area contributed by atoms with Gasteiger partial charge in [0.1, 0.15) is 12.4 Å². The van der Waals surface area contributed by atoms with E-state index in [-0.39, 0.29) is 17.9 Å². The fourth-order valence-corrected chi connectivity index (χ4v) is 4.05. The molecule has 0 unspecified atom stereocenters. The van der Waals surface area contributed by atoms with Crippen molar-refractivity contribution in [2.45, 2.75) is 27.3 Å². The van der Waals surface area contributed by atoms with Gasteiger partial charge in [0.15, 0.2) is 5.43 Å². The second kappa shape index (κ2) is 7.70. The third-order valence-electron chi connectivity index (χ3n) is 5.71. The van der Waals surface area contributed by atoms with E-state index in [2.05, 4.69) is 24.0 Å². The van der Waals surface area contributed by atoms with Gasteiger partial charge < -0.3 is 14.4 Å². The van der Waals surface area contributed by atoms with Crippen molar-refractivity contribution < 1.29 is 4.79 Å². The molecule has 3 heterocycles. The van der Waals surface area contributed by atoms with Crippen LogP contribution < -0.4 is 10.3 Å². The average Bonchev–Trinajstić information content (AvgIpc) is 2.70. The Hall–Kier alpha value is -3.15. The van der Waals surface area contributed by atoms with Crippen molar-refractivity contribution in [3.8, 4) is 0 Å². The summed E-state index contributed by atoms with van der Waals surface area (Å²) in [5, 5.41) is 1.18. The van der Waals surface area contributed by atoms with Gasteiger partial charge in [-0.1, -0.05) is 18.2 Å². The zero-order valence-electron chi connectivity index (χ0n) is 17.2. The van der Waals surface area contributed by atoms with Crippen molar-refractivity contribution in [1.29, 1.82) is 0 Å². The van der Waals surface area contributed by atoms with Crippen LogP contribution in [0.4, 0.5) is 5.82 Å². The zero-order chi connectivity index (χ0) is 20.5. The Bertz CT molecular complexity index is 1100. The monoisotopic (exact) mass is 390 g/mol. The molecule has 0 radical (unpaired) electrons. The minimum atomic E-state index is -0.0181. The highest BCUT2D eigenvalue weighted by Crippen LogP contribution is 2.23. The standard InChI is InChI=1S/C23H26N4O2/c1-16-12-22(24-21-7-5-4-6-20(16)21)25-8-10-26(11-9-25)23(29)15-27-17(2)13-19(28)14-18(27)3/h4-7,12-14H,8-11,15H2,1-3H3. The molecule has 1 aliphatic heterocycles. The average molecular weight is 390 g/mol. The summed E-state index contributed by atoms with van der Waals surface area (Å²) in [6.45, 7) is 8.99. The van der Waals surface area contributed by atoms with E-state index in [0.717, 1.165) is 35.8 Å². The molecule has 29 heavy (non-hydrogen) atoms. The quantitative estimate of drug-likeness (QED) is 0.690. The van der Waals surface area contributed by atoms with Gasteiger partial charge >= 0.3 is 0 Å². The first-order valence-corrected chi connectivity index (χ1v) is 9.99. The first kappa shape index (κ1) is 19.2. The molecule has 1 aliphatic rings. The molecule has 0 atom stereocenters. The van der Waals surface area contributed by atoms with Crippen molar-refractivity contribution in [2.75, 3.05) is 31.1 Å². The Morgan fingerprint density at radius 3 is 2.31 bits per heavy atom. The lowest BCUT2D eigenvalue weighted by atomic mass is 10.1. The fraction of sp³-hybridized carbons (Fsp3) is 0.348. The first-order chi connectivity index (χ1) is 13.9. The third kappa shape index (κ3) is 3.88. The lowest BCUT2D eigenvalue weighted by Gasteiger charge is -2.36. The summed E-state index contributed by atoms with van der Waals surface area (Å²) in [6, 6.07) is 13.5. The van der Waals surface area contributed by atoms with Crippen LogP contribution in [0.25, 0.3) is 10.9 Å². The fourth-order valence-electron chi connectivity index (χ4n) is 4.05. The van der Waals surface area contributed by atoms with Gasteiger partial charge in [0, 0.05) is 55.1 Å². The van der Waals surface area contributed by atoms with Crippen LogP contribution >= 0.6 is 0 Å². The number of aryl methyl sites for hydroxylation is 3. The molecular formula is C23H26N4O2. The largest absolute Gasteiger partial charge is 0.353 e.